The zero-order valence-corrected chi connectivity index (χ0v) is 16.5. The first-order valence-corrected chi connectivity index (χ1v) is 9.56. The lowest BCUT2D eigenvalue weighted by atomic mass is 9.92. The number of benzene rings is 1. The topological polar surface area (TPSA) is 22.9 Å². The minimum Gasteiger partial charge on any atom is -0.490 e. The van der Waals surface area contributed by atoms with Gasteiger partial charge in [0, 0.05) is 11.8 Å². The predicted molar refractivity (Wildman–Crippen MR) is 98.4 cm³/mol. The maximum Gasteiger partial charge on any atom is 0.136 e. The lowest BCUT2D eigenvalue weighted by Crippen LogP contribution is -3.14. The van der Waals surface area contributed by atoms with Crippen LogP contribution in [0.15, 0.2) is 16.6 Å². The highest BCUT2D eigenvalue weighted by molar-refractivity contribution is 9.10. The van der Waals surface area contributed by atoms with Gasteiger partial charge in [-0.05, 0) is 53.4 Å². The normalized spacial score (nSPS) is 24.7. The molecule has 3 nitrogen and oxygen atoms in total. The minimum absolute atomic E-state index is 0.602. The second-order valence-electron chi connectivity index (χ2n) is 7.21. The second kappa shape index (κ2) is 9.05. The molecule has 1 fully saturated rings. The fourth-order valence-corrected chi connectivity index (χ4v) is 4.52. The molecule has 0 radical (unpaired) electrons. The van der Waals surface area contributed by atoms with Crippen LogP contribution in [0.2, 0.25) is 0 Å². The number of likely N-dealkylation sites (tertiary alicyclic amines) is 1. The number of hydrogen-bond acceptors (Lipinski definition) is 2. The maximum atomic E-state index is 5.87. The summed E-state index contributed by atoms with van der Waals surface area (Å²) >= 11 is 3.57. The molecule has 1 aliphatic heterocycles. The van der Waals surface area contributed by atoms with E-state index in [0.717, 1.165) is 40.8 Å². The highest BCUT2D eigenvalue weighted by Crippen LogP contribution is 2.30. The van der Waals surface area contributed by atoms with E-state index in [0.29, 0.717) is 13.2 Å². The average molecular weight is 385 g/mol. The third kappa shape index (κ3) is 6.09. The van der Waals surface area contributed by atoms with Crippen molar-refractivity contribution in [1.82, 2.24) is 0 Å². The van der Waals surface area contributed by atoms with Crippen LogP contribution in [0.4, 0.5) is 0 Å². The highest BCUT2D eigenvalue weighted by Gasteiger charge is 2.24. The number of quaternary nitrogens is 1. The van der Waals surface area contributed by atoms with E-state index in [2.05, 4.69) is 55.8 Å². The Morgan fingerprint density at radius 2 is 1.78 bits per heavy atom. The van der Waals surface area contributed by atoms with Gasteiger partial charge in [-0.15, -0.1) is 0 Å². The Morgan fingerprint density at radius 3 is 2.43 bits per heavy atom. The van der Waals surface area contributed by atoms with Crippen molar-refractivity contribution in [2.24, 2.45) is 11.8 Å². The molecule has 0 saturated carbocycles. The number of aryl methyl sites for hydroxylation is 2. The Kier molecular flexibility index (Phi) is 7.38. The van der Waals surface area contributed by atoms with Crippen LogP contribution >= 0.6 is 15.9 Å². The number of piperidine rings is 1. The summed E-state index contributed by atoms with van der Waals surface area (Å²) in [4.78, 5) is 1.69. The fourth-order valence-electron chi connectivity index (χ4n) is 3.73. The van der Waals surface area contributed by atoms with Crippen LogP contribution in [0.3, 0.4) is 0 Å². The van der Waals surface area contributed by atoms with Crippen molar-refractivity contribution in [2.45, 2.75) is 34.1 Å². The van der Waals surface area contributed by atoms with E-state index in [1.807, 2.05) is 0 Å². The van der Waals surface area contributed by atoms with Gasteiger partial charge in [-0.2, -0.15) is 0 Å². The van der Waals surface area contributed by atoms with Gasteiger partial charge in [0.15, 0.2) is 0 Å². The summed E-state index contributed by atoms with van der Waals surface area (Å²) in [6, 6.07) is 4.23. The van der Waals surface area contributed by atoms with Crippen LogP contribution in [0, 0.1) is 25.7 Å². The summed E-state index contributed by atoms with van der Waals surface area (Å²) in [7, 11) is 0. The molecule has 1 aromatic carbocycles. The lowest BCUT2D eigenvalue weighted by molar-refractivity contribution is -0.912. The summed E-state index contributed by atoms with van der Waals surface area (Å²) in [6.07, 6.45) is 1.38. The van der Waals surface area contributed by atoms with Gasteiger partial charge in [0.2, 0.25) is 0 Å². The third-order valence-electron chi connectivity index (χ3n) is 4.53. The summed E-state index contributed by atoms with van der Waals surface area (Å²) in [5.41, 5.74) is 2.41. The van der Waals surface area contributed by atoms with Crippen molar-refractivity contribution in [3.8, 4) is 5.75 Å². The molecule has 1 heterocycles. The number of nitrogens with one attached hydrogen (secondary N) is 1. The monoisotopic (exact) mass is 384 g/mol. The van der Waals surface area contributed by atoms with E-state index >= 15 is 0 Å². The van der Waals surface area contributed by atoms with E-state index in [4.69, 9.17) is 9.47 Å². The van der Waals surface area contributed by atoms with Gasteiger partial charge in [0.25, 0.3) is 0 Å². The molecular formula is C19H31BrNO2+. The van der Waals surface area contributed by atoms with E-state index in [1.54, 1.807) is 4.90 Å². The smallest absolute Gasteiger partial charge is 0.136 e. The van der Waals surface area contributed by atoms with E-state index in [9.17, 15) is 0 Å². The molecular weight excluding hydrogens is 354 g/mol. The van der Waals surface area contributed by atoms with Gasteiger partial charge in [0.05, 0.1) is 30.8 Å². The lowest BCUT2D eigenvalue weighted by Gasteiger charge is -2.31. The standard InChI is InChI=1S/C19H30BrNO2/c1-14-10-17(4)19(18(20)11-14)23-8-7-22-6-5-21-12-15(2)9-16(3)13-21/h10-11,15-16H,5-9,12-13H2,1-4H3/p+1/t15-,16-/m1/s1. The summed E-state index contributed by atoms with van der Waals surface area (Å²) in [5, 5.41) is 0. The Balaban J connectivity index is 1.63. The van der Waals surface area contributed by atoms with E-state index in [1.165, 1.54) is 25.1 Å². The van der Waals surface area contributed by atoms with Gasteiger partial charge < -0.3 is 14.4 Å². The molecule has 2 atom stereocenters. The number of rotatable bonds is 7. The first-order valence-electron chi connectivity index (χ1n) is 8.76. The van der Waals surface area contributed by atoms with Crippen LogP contribution in [0.1, 0.15) is 31.4 Å². The zero-order chi connectivity index (χ0) is 16.8. The Labute approximate surface area is 149 Å². The van der Waals surface area contributed by atoms with E-state index < -0.39 is 0 Å². The average Bonchev–Trinajstić information content (AvgIpc) is 2.43. The number of hydrogen-bond donors (Lipinski definition) is 1. The molecule has 0 aromatic heterocycles. The first-order chi connectivity index (χ1) is 11.0. The van der Waals surface area contributed by atoms with Gasteiger partial charge in [-0.3, -0.25) is 0 Å². The molecule has 1 aromatic rings. The van der Waals surface area contributed by atoms with Gasteiger partial charge in [-0.25, -0.2) is 0 Å². The third-order valence-corrected chi connectivity index (χ3v) is 5.12. The summed E-state index contributed by atoms with van der Waals surface area (Å²) < 4.78 is 12.7. The summed E-state index contributed by atoms with van der Waals surface area (Å²) in [5.74, 6) is 2.63. The molecule has 0 spiro atoms. The fraction of sp³-hybridized carbons (Fsp3) is 0.684. The van der Waals surface area contributed by atoms with Crippen molar-refractivity contribution < 1.29 is 14.4 Å². The quantitative estimate of drug-likeness (QED) is 0.730. The molecule has 0 unspecified atom stereocenters. The van der Waals surface area contributed by atoms with Crippen LogP contribution in [-0.2, 0) is 4.74 Å². The van der Waals surface area contributed by atoms with Crippen molar-refractivity contribution in [2.75, 3.05) is 39.5 Å². The Bertz CT molecular complexity index is 473. The first kappa shape index (κ1) is 18.8. The van der Waals surface area contributed by atoms with Crippen LogP contribution in [0.25, 0.3) is 0 Å². The van der Waals surface area contributed by atoms with Crippen LogP contribution in [0.5, 0.6) is 5.75 Å². The van der Waals surface area contributed by atoms with Crippen molar-refractivity contribution >= 4 is 15.9 Å². The molecule has 0 bridgehead atoms. The Morgan fingerprint density at radius 1 is 1.09 bits per heavy atom. The minimum atomic E-state index is 0.602. The molecule has 23 heavy (non-hydrogen) atoms. The molecule has 2 rings (SSSR count). The number of ether oxygens (including phenoxy) is 2. The number of halogens is 1. The van der Waals surface area contributed by atoms with Crippen molar-refractivity contribution in [1.29, 1.82) is 0 Å². The zero-order valence-electron chi connectivity index (χ0n) is 15.0. The maximum absolute atomic E-state index is 5.87. The SMILES string of the molecule is Cc1cc(C)c(OCCOCC[NH+]2C[C@H](C)C[C@@H](C)C2)c(Br)c1. The predicted octanol–water partition coefficient (Wildman–Crippen LogP) is 3.02. The molecule has 0 amide bonds. The molecule has 130 valence electrons. The second-order valence-corrected chi connectivity index (χ2v) is 8.06. The van der Waals surface area contributed by atoms with Crippen LogP contribution in [-0.4, -0.2) is 39.5 Å². The highest BCUT2D eigenvalue weighted by atomic mass is 79.9. The van der Waals surface area contributed by atoms with Crippen molar-refractivity contribution in [3.63, 3.8) is 0 Å². The molecule has 1 N–H and O–H groups in total. The van der Waals surface area contributed by atoms with Gasteiger partial charge in [0.1, 0.15) is 18.9 Å². The van der Waals surface area contributed by atoms with Crippen LogP contribution < -0.4 is 9.64 Å². The molecule has 4 heteroatoms. The summed E-state index contributed by atoms with van der Waals surface area (Å²) in [6.45, 7) is 14.7. The molecule has 0 aliphatic carbocycles. The van der Waals surface area contributed by atoms with E-state index in [-0.39, 0.29) is 0 Å². The van der Waals surface area contributed by atoms with Gasteiger partial charge in [-0.1, -0.05) is 19.9 Å². The Hall–Kier alpha value is -0.580. The largest absolute Gasteiger partial charge is 0.490 e. The molecule has 1 saturated heterocycles. The van der Waals surface area contributed by atoms with Gasteiger partial charge >= 0.3 is 0 Å². The molecule has 1 aliphatic rings. The van der Waals surface area contributed by atoms with Crippen molar-refractivity contribution in [3.05, 3.63) is 27.7 Å².